The average Bonchev–Trinajstić information content (AvgIpc) is 3.28. The molecule has 2 amide bonds. The normalized spacial score (nSPS) is 15.9. The number of nitrogens with one attached hydrogen (secondary N) is 2. The summed E-state index contributed by atoms with van der Waals surface area (Å²) in [5, 5.41) is 18.9. The number of nitrogens with zero attached hydrogens (tertiary/aromatic N) is 2. The fourth-order valence-electron chi connectivity index (χ4n) is 3.58. The Morgan fingerprint density at radius 1 is 1.32 bits per heavy atom. The maximum Gasteiger partial charge on any atom is 0.271 e. The van der Waals surface area contributed by atoms with Gasteiger partial charge < -0.3 is 10.6 Å². The van der Waals surface area contributed by atoms with Gasteiger partial charge in [-0.1, -0.05) is 17.7 Å². The zero-order valence-corrected chi connectivity index (χ0v) is 18.7. The molecule has 1 fully saturated rings. The van der Waals surface area contributed by atoms with Crippen LogP contribution in [0.3, 0.4) is 0 Å². The lowest BCUT2D eigenvalue weighted by Crippen LogP contribution is -2.48. The van der Waals surface area contributed by atoms with Gasteiger partial charge in [-0.25, -0.2) is 0 Å². The van der Waals surface area contributed by atoms with Gasteiger partial charge in [-0.15, -0.1) is 11.3 Å². The van der Waals surface area contributed by atoms with Gasteiger partial charge in [-0.3, -0.25) is 24.6 Å². The monoisotopic (exact) mass is 464 g/mol. The van der Waals surface area contributed by atoms with Crippen molar-refractivity contribution in [3.63, 3.8) is 0 Å². The first-order valence-electron chi connectivity index (χ1n) is 10.1. The van der Waals surface area contributed by atoms with E-state index in [-0.39, 0.29) is 34.1 Å². The van der Waals surface area contributed by atoms with Gasteiger partial charge in [-0.2, -0.15) is 0 Å². The van der Waals surface area contributed by atoms with Gasteiger partial charge in [0.05, 0.1) is 21.7 Å². The number of piperidine rings is 1. The van der Waals surface area contributed by atoms with Gasteiger partial charge in [0.15, 0.2) is 0 Å². The van der Waals surface area contributed by atoms with E-state index in [0.717, 1.165) is 6.42 Å². The van der Waals surface area contributed by atoms with Crippen molar-refractivity contribution in [1.29, 1.82) is 0 Å². The fourth-order valence-corrected chi connectivity index (χ4v) is 4.46. The molecule has 2 heterocycles. The van der Waals surface area contributed by atoms with Crippen LogP contribution < -0.4 is 10.6 Å². The van der Waals surface area contributed by atoms with Crippen molar-refractivity contribution in [2.75, 3.05) is 25.0 Å². The highest BCUT2D eigenvalue weighted by molar-refractivity contribution is 7.09. The lowest BCUT2D eigenvalue weighted by Gasteiger charge is -2.34. The van der Waals surface area contributed by atoms with E-state index in [1.807, 2.05) is 16.3 Å². The molecule has 2 N–H and O–H groups in total. The number of benzene rings is 1. The summed E-state index contributed by atoms with van der Waals surface area (Å²) in [6.45, 7) is 3.66. The van der Waals surface area contributed by atoms with Gasteiger partial charge >= 0.3 is 0 Å². The molecule has 1 aromatic carbocycles. The lowest BCUT2D eigenvalue weighted by atomic mass is 9.95. The number of nitro benzene ring substituents is 1. The van der Waals surface area contributed by atoms with E-state index in [2.05, 4.69) is 16.7 Å². The Bertz CT molecular complexity index is 929. The Balaban J connectivity index is 1.46. The molecule has 1 aromatic heterocycles. The molecular formula is C21H25ClN4O4S. The van der Waals surface area contributed by atoms with Crippen LogP contribution in [-0.4, -0.2) is 47.3 Å². The minimum Gasteiger partial charge on any atom is -0.355 e. The van der Waals surface area contributed by atoms with E-state index in [1.165, 1.54) is 23.1 Å². The number of halogens is 1. The summed E-state index contributed by atoms with van der Waals surface area (Å²) in [7, 11) is 0. The summed E-state index contributed by atoms with van der Waals surface area (Å²) in [5.41, 5.74) is 0.0750. The van der Waals surface area contributed by atoms with E-state index < -0.39 is 11.0 Å². The highest BCUT2D eigenvalue weighted by Crippen LogP contribution is 2.27. The van der Waals surface area contributed by atoms with Crippen LogP contribution in [0.15, 0.2) is 35.7 Å². The Kier molecular flexibility index (Phi) is 8.00. The maximum atomic E-state index is 12.7. The van der Waals surface area contributed by atoms with E-state index in [0.29, 0.717) is 32.5 Å². The van der Waals surface area contributed by atoms with E-state index in [1.54, 1.807) is 18.3 Å². The van der Waals surface area contributed by atoms with Gasteiger partial charge in [0.1, 0.15) is 0 Å². The second-order valence-corrected chi connectivity index (χ2v) is 8.96. The lowest BCUT2D eigenvalue weighted by molar-refractivity contribution is -0.384. The number of carbonyl (C=O) groups is 2. The zero-order chi connectivity index (χ0) is 22.4. The molecule has 10 heteroatoms. The molecule has 0 spiro atoms. The average molecular weight is 465 g/mol. The number of anilines is 1. The molecule has 1 aliphatic heterocycles. The number of hydrogen-bond donors (Lipinski definition) is 2. The molecule has 8 nitrogen and oxygen atoms in total. The van der Waals surface area contributed by atoms with Crippen LogP contribution in [0, 0.1) is 16.0 Å². The van der Waals surface area contributed by atoms with Crippen LogP contribution in [0.4, 0.5) is 11.4 Å². The van der Waals surface area contributed by atoms with Gasteiger partial charge in [-0.05, 0) is 56.8 Å². The third kappa shape index (κ3) is 6.25. The van der Waals surface area contributed by atoms with Gasteiger partial charge in [0.2, 0.25) is 11.8 Å². The second kappa shape index (κ2) is 10.7. The van der Waals surface area contributed by atoms with E-state index in [9.17, 15) is 19.7 Å². The number of carbonyl (C=O) groups excluding carboxylic acids is 2. The molecule has 1 atom stereocenters. The first-order chi connectivity index (χ1) is 14.8. The standard InChI is InChI=1S/C21H25ClN4O4S/c1-14(20(27)24-19-13-16(26(29)30)4-5-18(19)22)25-10-7-15(8-11-25)21(28)23-9-6-17-3-2-12-31-17/h2-5,12-15H,6-11H2,1H3,(H,23,28)(H,24,27). The predicted molar refractivity (Wildman–Crippen MR) is 122 cm³/mol. The van der Waals surface area contributed by atoms with Crippen LogP contribution >= 0.6 is 22.9 Å². The Labute approximate surface area is 189 Å². The second-order valence-electron chi connectivity index (χ2n) is 7.52. The van der Waals surface area contributed by atoms with Crippen molar-refractivity contribution in [3.8, 4) is 0 Å². The molecule has 1 aliphatic rings. The molecule has 2 aromatic rings. The zero-order valence-electron chi connectivity index (χ0n) is 17.2. The molecule has 1 unspecified atom stereocenters. The quantitative estimate of drug-likeness (QED) is 0.457. The third-order valence-electron chi connectivity index (χ3n) is 5.50. The summed E-state index contributed by atoms with van der Waals surface area (Å²) in [4.78, 5) is 38.8. The van der Waals surface area contributed by atoms with Crippen molar-refractivity contribution in [3.05, 3.63) is 55.7 Å². The SMILES string of the molecule is CC(C(=O)Nc1cc([N+](=O)[O-])ccc1Cl)N1CCC(C(=O)NCCc2cccs2)CC1. The summed E-state index contributed by atoms with van der Waals surface area (Å²) in [5.74, 6) is -0.279. The first-order valence-corrected chi connectivity index (χ1v) is 11.4. The largest absolute Gasteiger partial charge is 0.355 e. The van der Waals surface area contributed by atoms with Crippen LogP contribution in [0.1, 0.15) is 24.6 Å². The van der Waals surface area contributed by atoms with E-state index in [4.69, 9.17) is 11.6 Å². The number of nitro groups is 1. The molecule has 0 saturated carbocycles. The molecule has 0 bridgehead atoms. The Hall–Kier alpha value is -2.49. The third-order valence-corrected chi connectivity index (χ3v) is 6.76. The molecule has 31 heavy (non-hydrogen) atoms. The summed E-state index contributed by atoms with van der Waals surface area (Å²) in [6.07, 6.45) is 2.19. The van der Waals surface area contributed by atoms with Gasteiger partial charge in [0, 0.05) is 29.5 Å². The topological polar surface area (TPSA) is 105 Å². The Morgan fingerprint density at radius 2 is 2.06 bits per heavy atom. The number of non-ortho nitro benzene ring substituents is 1. The first kappa shape index (κ1) is 23.2. The molecule has 166 valence electrons. The van der Waals surface area contributed by atoms with Crippen molar-refractivity contribution in [2.45, 2.75) is 32.2 Å². The molecule has 1 saturated heterocycles. The van der Waals surface area contributed by atoms with Crippen molar-refractivity contribution >= 4 is 46.1 Å². The number of likely N-dealkylation sites (tertiary alicyclic amines) is 1. The van der Waals surface area contributed by atoms with Gasteiger partial charge in [0.25, 0.3) is 5.69 Å². The fraction of sp³-hybridized carbons (Fsp3) is 0.429. The minimum atomic E-state index is -0.536. The number of rotatable bonds is 8. The van der Waals surface area contributed by atoms with Crippen molar-refractivity contribution in [1.82, 2.24) is 10.2 Å². The summed E-state index contributed by atoms with van der Waals surface area (Å²) >= 11 is 7.75. The molecule has 0 aliphatic carbocycles. The van der Waals surface area contributed by atoms with Crippen LogP contribution in [0.5, 0.6) is 0 Å². The number of amides is 2. The molecular weight excluding hydrogens is 440 g/mol. The van der Waals surface area contributed by atoms with E-state index >= 15 is 0 Å². The number of thiophene rings is 1. The number of hydrogen-bond acceptors (Lipinski definition) is 6. The van der Waals surface area contributed by atoms with Crippen molar-refractivity contribution in [2.24, 2.45) is 5.92 Å². The van der Waals surface area contributed by atoms with Crippen molar-refractivity contribution < 1.29 is 14.5 Å². The smallest absolute Gasteiger partial charge is 0.271 e. The maximum absolute atomic E-state index is 12.7. The van der Waals surface area contributed by atoms with Crippen LogP contribution in [0.2, 0.25) is 5.02 Å². The highest BCUT2D eigenvalue weighted by Gasteiger charge is 2.30. The highest BCUT2D eigenvalue weighted by atomic mass is 35.5. The predicted octanol–water partition coefficient (Wildman–Crippen LogP) is 3.71. The van der Waals surface area contributed by atoms with Crippen LogP contribution in [-0.2, 0) is 16.0 Å². The van der Waals surface area contributed by atoms with Crippen LogP contribution in [0.25, 0.3) is 0 Å². The summed E-state index contributed by atoms with van der Waals surface area (Å²) < 4.78 is 0. The Morgan fingerprint density at radius 3 is 2.71 bits per heavy atom. The molecule has 0 radical (unpaired) electrons. The molecule has 3 rings (SSSR count). The summed E-state index contributed by atoms with van der Waals surface area (Å²) in [6, 6.07) is 7.54. The minimum absolute atomic E-state index is 0.0546.